The molecule has 0 unspecified atom stereocenters. The van der Waals surface area contributed by atoms with Crippen LogP contribution in [0, 0.1) is 5.82 Å². The SMILES string of the molecule is CN1CCCN(c2cc(-c3ccc(F)cc3)c3c(n2)CCCCC3)CC1.O=C(O)C=CC(=O)O. The van der Waals surface area contributed by atoms with Crippen molar-refractivity contribution in [3.63, 3.8) is 0 Å². The number of halogens is 1. The van der Waals surface area contributed by atoms with Gasteiger partial charge in [-0.05, 0) is 80.6 Å². The first-order chi connectivity index (χ1) is 16.3. The van der Waals surface area contributed by atoms with Crippen LogP contribution in [-0.2, 0) is 22.4 Å². The molecule has 2 aromatic rings. The van der Waals surface area contributed by atoms with E-state index in [9.17, 15) is 14.0 Å². The lowest BCUT2D eigenvalue weighted by molar-refractivity contribution is -0.134. The summed E-state index contributed by atoms with van der Waals surface area (Å²) in [6.07, 6.45) is 8.13. The zero-order chi connectivity index (χ0) is 24.5. The Balaban J connectivity index is 0.000000350. The summed E-state index contributed by atoms with van der Waals surface area (Å²) in [5.41, 5.74) is 5.01. The zero-order valence-corrected chi connectivity index (χ0v) is 19.5. The fourth-order valence-electron chi connectivity index (χ4n) is 4.33. The molecule has 1 saturated heterocycles. The molecule has 1 aliphatic heterocycles. The van der Waals surface area contributed by atoms with Crippen molar-refractivity contribution in [1.29, 1.82) is 0 Å². The maximum atomic E-state index is 13.4. The summed E-state index contributed by atoms with van der Waals surface area (Å²) in [6, 6.07) is 9.22. The lowest BCUT2D eigenvalue weighted by Crippen LogP contribution is -2.29. The van der Waals surface area contributed by atoms with E-state index in [-0.39, 0.29) is 5.82 Å². The third-order valence-electron chi connectivity index (χ3n) is 6.10. The number of pyridine rings is 1. The fraction of sp³-hybridized carbons (Fsp3) is 0.423. The largest absolute Gasteiger partial charge is 0.478 e. The van der Waals surface area contributed by atoms with Crippen LogP contribution in [0.5, 0.6) is 0 Å². The quantitative estimate of drug-likeness (QED) is 0.516. The Bertz CT molecular complexity index is 1010. The molecule has 0 saturated carbocycles. The first-order valence-electron chi connectivity index (χ1n) is 11.7. The Kier molecular flexibility index (Phi) is 9.16. The highest BCUT2D eigenvalue weighted by atomic mass is 19.1. The highest BCUT2D eigenvalue weighted by molar-refractivity contribution is 5.89. The molecule has 1 fully saturated rings. The van der Waals surface area contributed by atoms with E-state index in [2.05, 4.69) is 22.9 Å². The molecule has 2 N–H and O–H groups in total. The molecule has 0 atom stereocenters. The van der Waals surface area contributed by atoms with E-state index in [1.165, 1.54) is 42.5 Å². The van der Waals surface area contributed by atoms with E-state index in [4.69, 9.17) is 15.2 Å². The zero-order valence-electron chi connectivity index (χ0n) is 19.5. The van der Waals surface area contributed by atoms with Gasteiger partial charge in [0.2, 0.25) is 0 Å². The van der Waals surface area contributed by atoms with Crippen LogP contribution in [0.3, 0.4) is 0 Å². The van der Waals surface area contributed by atoms with E-state index in [0.717, 1.165) is 50.4 Å². The van der Waals surface area contributed by atoms with Crippen molar-refractivity contribution in [1.82, 2.24) is 9.88 Å². The number of carboxylic acid groups (broad SMARTS) is 2. The predicted molar refractivity (Wildman–Crippen MR) is 130 cm³/mol. The number of anilines is 1. The van der Waals surface area contributed by atoms with Gasteiger partial charge in [0.05, 0.1) is 0 Å². The van der Waals surface area contributed by atoms with Gasteiger partial charge in [-0.1, -0.05) is 18.6 Å². The first kappa shape index (κ1) is 25.4. The summed E-state index contributed by atoms with van der Waals surface area (Å²) in [5, 5.41) is 15.6. The molecule has 0 bridgehead atoms. The Labute approximate surface area is 199 Å². The lowest BCUT2D eigenvalue weighted by atomic mass is 9.95. The molecular formula is C26H32FN3O4. The smallest absolute Gasteiger partial charge is 0.328 e. The normalized spacial score (nSPS) is 16.7. The van der Waals surface area contributed by atoms with Crippen molar-refractivity contribution in [2.75, 3.05) is 38.1 Å². The number of aryl methyl sites for hydroxylation is 1. The average molecular weight is 470 g/mol. The summed E-state index contributed by atoms with van der Waals surface area (Å²) in [5.74, 6) is -1.59. The van der Waals surface area contributed by atoms with E-state index in [0.29, 0.717) is 12.2 Å². The molecule has 4 rings (SSSR count). The van der Waals surface area contributed by atoms with E-state index >= 15 is 0 Å². The topological polar surface area (TPSA) is 94.0 Å². The monoisotopic (exact) mass is 469 g/mol. The first-order valence-corrected chi connectivity index (χ1v) is 11.7. The van der Waals surface area contributed by atoms with Crippen molar-refractivity contribution in [2.24, 2.45) is 0 Å². The minimum absolute atomic E-state index is 0.176. The van der Waals surface area contributed by atoms with Crippen molar-refractivity contribution in [2.45, 2.75) is 38.5 Å². The van der Waals surface area contributed by atoms with Crippen molar-refractivity contribution < 1.29 is 24.2 Å². The lowest BCUT2D eigenvalue weighted by Gasteiger charge is -2.24. The molecule has 2 aliphatic rings. The van der Waals surface area contributed by atoms with Crippen LogP contribution in [0.2, 0.25) is 0 Å². The number of carbonyl (C=O) groups is 2. The number of benzene rings is 1. The van der Waals surface area contributed by atoms with Gasteiger partial charge in [-0.3, -0.25) is 0 Å². The second-order valence-electron chi connectivity index (χ2n) is 8.67. The van der Waals surface area contributed by atoms with Gasteiger partial charge in [0.25, 0.3) is 0 Å². The van der Waals surface area contributed by atoms with Gasteiger partial charge in [0, 0.05) is 37.5 Å². The molecule has 34 heavy (non-hydrogen) atoms. The minimum atomic E-state index is -1.26. The van der Waals surface area contributed by atoms with Crippen LogP contribution in [0.1, 0.15) is 36.9 Å². The van der Waals surface area contributed by atoms with Crippen LogP contribution < -0.4 is 4.90 Å². The van der Waals surface area contributed by atoms with Crippen molar-refractivity contribution >= 4 is 17.8 Å². The number of rotatable bonds is 4. The van der Waals surface area contributed by atoms with Crippen LogP contribution in [0.4, 0.5) is 10.2 Å². The number of likely N-dealkylation sites (N-methyl/N-ethyl adjacent to an activating group) is 1. The summed E-state index contributed by atoms with van der Waals surface area (Å²) >= 11 is 0. The third kappa shape index (κ3) is 7.38. The van der Waals surface area contributed by atoms with Gasteiger partial charge in [0.15, 0.2) is 0 Å². The number of carboxylic acids is 2. The fourth-order valence-corrected chi connectivity index (χ4v) is 4.33. The highest BCUT2D eigenvalue weighted by Crippen LogP contribution is 2.33. The molecule has 1 aromatic heterocycles. The molecule has 8 heteroatoms. The van der Waals surface area contributed by atoms with Gasteiger partial charge in [-0.25, -0.2) is 19.0 Å². The van der Waals surface area contributed by atoms with Crippen LogP contribution in [0.25, 0.3) is 11.1 Å². The summed E-state index contributed by atoms with van der Waals surface area (Å²) in [6.45, 7) is 4.29. The second-order valence-corrected chi connectivity index (χ2v) is 8.67. The van der Waals surface area contributed by atoms with Crippen LogP contribution in [-0.4, -0.2) is 65.3 Å². The Morgan fingerprint density at radius 1 is 0.912 bits per heavy atom. The minimum Gasteiger partial charge on any atom is -0.478 e. The Morgan fingerprint density at radius 3 is 2.26 bits per heavy atom. The Hall–Kier alpha value is -3.26. The average Bonchev–Trinajstić information content (AvgIpc) is 3.18. The third-order valence-corrected chi connectivity index (χ3v) is 6.10. The van der Waals surface area contributed by atoms with E-state index in [1.807, 2.05) is 12.1 Å². The van der Waals surface area contributed by atoms with E-state index < -0.39 is 11.9 Å². The molecule has 182 valence electrons. The number of hydrogen-bond acceptors (Lipinski definition) is 5. The molecule has 1 aromatic carbocycles. The highest BCUT2D eigenvalue weighted by Gasteiger charge is 2.20. The molecule has 1 aliphatic carbocycles. The van der Waals surface area contributed by atoms with Crippen molar-refractivity contribution in [3.05, 3.63) is 59.6 Å². The number of aliphatic carboxylic acids is 2. The van der Waals surface area contributed by atoms with Crippen molar-refractivity contribution in [3.8, 4) is 11.1 Å². The summed E-state index contributed by atoms with van der Waals surface area (Å²) in [4.78, 5) is 29.0. The van der Waals surface area contributed by atoms with Gasteiger partial charge >= 0.3 is 11.9 Å². The number of aromatic nitrogens is 1. The maximum Gasteiger partial charge on any atom is 0.328 e. The number of nitrogens with zero attached hydrogens (tertiary/aromatic N) is 3. The summed E-state index contributed by atoms with van der Waals surface area (Å²) in [7, 11) is 2.19. The number of hydrogen-bond donors (Lipinski definition) is 2. The molecule has 0 amide bonds. The second kappa shape index (κ2) is 12.3. The van der Waals surface area contributed by atoms with E-state index in [1.54, 1.807) is 12.1 Å². The predicted octanol–water partition coefficient (Wildman–Crippen LogP) is 4.01. The van der Waals surface area contributed by atoms with Gasteiger partial charge in [-0.2, -0.15) is 0 Å². The van der Waals surface area contributed by atoms with Gasteiger partial charge in [-0.15, -0.1) is 0 Å². The summed E-state index contributed by atoms with van der Waals surface area (Å²) < 4.78 is 13.4. The van der Waals surface area contributed by atoms with Crippen LogP contribution >= 0.6 is 0 Å². The number of fused-ring (bicyclic) bond motifs is 1. The molecule has 7 nitrogen and oxygen atoms in total. The standard InChI is InChI=1S/C22H28FN3.C4H4O4/c1-25-12-5-13-26(15-14-25)22-16-20(17-8-10-18(23)11-9-17)19-6-3-2-4-7-21(19)24-22;5-3(6)1-2-4(7)8/h8-11,16H,2-7,12-15H2,1H3;1-2H,(H,5,6)(H,7,8). The molecular weight excluding hydrogens is 437 g/mol. The van der Waals surface area contributed by atoms with Gasteiger partial charge < -0.3 is 20.0 Å². The maximum absolute atomic E-state index is 13.4. The Morgan fingerprint density at radius 2 is 1.59 bits per heavy atom. The van der Waals surface area contributed by atoms with Gasteiger partial charge in [0.1, 0.15) is 11.6 Å². The molecule has 0 spiro atoms. The molecule has 0 radical (unpaired) electrons. The molecule has 2 heterocycles. The van der Waals surface area contributed by atoms with Crippen LogP contribution in [0.15, 0.2) is 42.5 Å².